The van der Waals surface area contributed by atoms with Crippen LogP contribution in [-0.4, -0.2) is 73.3 Å². The summed E-state index contributed by atoms with van der Waals surface area (Å²) in [7, 11) is 0.713. The smallest absolute Gasteiger partial charge is 0.488 e. The van der Waals surface area contributed by atoms with Gasteiger partial charge in [0.15, 0.2) is 0 Å². The fraction of sp³-hybridized carbons (Fsp3) is 0.600. The SMILES string of the molecule is Cc1ccc(B(O)O)cc1OCCCN1CCN(C)CC1. The van der Waals surface area contributed by atoms with Crippen molar-refractivity contribution in [2.24, 2.45) is 0 Å². The van der Waals surface area contributed by atoms with Gasteiger partial charge >= 0.3 is 7.12 Å². The molecular weight excluding hydrogens is 267 g/mol. The summed E-state index contributed by atoms with van der Waals surface area (Å²) in [6.45, 7) is 8.19. The number of piperazine rings is 1. The van der Waals surface area contributed by atoms with E-state index in [9.17, 15) is 10.0 Å². The summed E-state index contributed by atoms with van der Waals surface area (Å²) in [5, 5.41) is 18.4. The normalized spacial score (nSPS) is 17.0. The van der Waals surface area contributed by atoms with Crippen LogP contribution in [0.4, 0.5) is 0 Å². The predicted molar refractivity (Wildman–Crippen MR) is 85.1 cm³/mol. The lowest BCUT2D eigenvalue weighted by atomic mass is 9.80. The molecule has 1 saturated heterocycles. The van der Waals surface area contributed by atoms with Gasteiger partial charge in [0.2, 0.25) is 0 Å². The summed E-state index contributed by atoms with van der Waals surface area (Å²) in [5.41, 5.74) is 1.48. The van der Waals surface area contributed by atoms with Crippen LogP contribution in [0.15, 0.2) is 18.2 Å². The molecule has 0 aliphatic carbocycles. The van der Waals surface area contributed by atoms with E-state index in [2.05, 4.69) is 16.8 Å². The van der Waals surface area contributed by atoms with E-state index in [-0.39, 0.29) is 0 Å². The molecule has 0 spiro atoms. The Balaban J connectivity index is 1.74. The van der Waals surface area contributed by atoms with Crippen LogP contribution >= 0.6 is 0 Å². The Hall–Kier alpha value is -1.08. The van der Waals surface area contributed by atoms with Gasteiger partial charge in [-0.3, -0.25) is 0 Å². The number of nitrogens with zero attached hydrogens (tertiary/aromatic N) is 2. The van der Waals surface area contributed by atoms with E-state index in [0.29, 0.717) is 12.1 Å². The Morgan fingerprint density at radius 1 is 1.19 bits per heavy atom. The van der Waals surface area contributed by atoms with Crippen LogP contribution in [0, 0.1) is 6.92 Å². The van der Waals surface area contributed by atoms with E-state index >= 15 is 0 Å². The van der Waals surface area contributed by atoms with E-state index < -0.39 is 7.12 Å². The van der Waals surface area contributed by atoms with Crippen LogP contribution in [-0.2, 0) is 0 Å². The average molecular weight is 292 g/mol. The highest BCUT2D eigenvalue weighted by Crippen LogP contribution is 2.15. The highest BCUT2D eigenvalue weighted by molar-refractivity contribution is 6.58. The summed E-state index contributed by atoms with van der Waals surface area (Å²) >= 11 is 0. The monoisotopic (exact) mass is 292 g/mol. The summed E-state index contributed by atoms with van der Waals surface area (Å²) in [6, 6.07) is 5.26. The average Bonchev–Trinajstić information content (AvgIpc) is 2.47. The zero-order valence-corrected chi connectivity index (χ0v) is 13.0. The van der Waals surface area contributed by atoms with Gasteiger partial charge in [0, 0.05) is 32.7 Å². The highest BCUT2D eigenvalue weighted by atomic mass is 16.5. The molecule has 1 aliphatic rings. The number of benzene rings is 1. The van der Waals surface area contributed by atoms with E-state index in [0.717, 1.165) is 50.5 Å². The van der Waals surface area contributed by atoms with Gasteiger partial charge in [-0.15, -0.1) is 0 Å². The van der Waals surface area contributed by atoms with Crippen molar-refractivity contribution < 1.29 is 14.8 Å². The molecule has 0 aromatic heterocycles. The molecule has 1 fully saturated rings. The van der Waals surface area contributed by atoms with Crippen molar-refractivity contribution in [1.29, 1.82) is 0 Å². The topological polar surface area (TPSA) is 56.2 Å². The molecule has 0 unspecified atom stereocenters. The van der Waals surface area contributed by atoms with Gasteiger partial charge in [0.05, 0.1) is 6.61 Å². The number of hydrogen-bond acceptors (Lipinski definition) is 5. The first kappa shape index (κ1) is 16.3. The molecule has 1 aromatic carbocycles. The predicted octanol–water partition coefficient (Wildman–Crippen LogP) is -0.309. The van der Waals surface area contributed by atoms with Crippen LogP contribution < -0.4 is 10.2 Å². The third kappa shape index (κ3) is 5.00. The minimum absolute atomic E-state index is 0.467. The van der Waals surface area contributed by atoms with E-state index in [4.69, 9.17) is 4.74 Å². The van der Waals surface area contributed by atoms with Gasteiger partial charge in [-0.05, 0) is 37.5 Å². The minimum atomic E-state index is -1.45. The molecule has 21 heavy (non-hydrogen) atoms. The molecule has 2 N–H and O–H groups in total. The molecule has 116 valence electrons. The summed E-state index contributed by atoms with van der Waals surface area (Å²) in [4.78, 5) is 4.81. The molecule has 1 heterocycles. The molecule has 5 nitrogen and oxygen atoms in total. The summed E-state index contributed by atoms with van der Waals surface area (Å²) in [5.74, 6) is 0.735. The Labute approximate surface area is 127 Å². The van der Waals surface area contributed by atoms with E-state index in [1.807, 2.05) is 13.0 Å². The fourth-order valence-corrected chi connectivity index (χ4v) is 2.47. The molecule has 0 radical (unpaired) electrons. The van der Waals surface area contributed by atoms with Crippen molar-refractivity contribution in [3.8, 4) is 5.75 Å². The second-order valence-electron chi connectivity index (χ2n) is 5.75. The third-order valence-electron chi connectivity index (χ3n) is 3.98. The molecule has 0 atom stereocenters. The number of hydrogen-bond donors (Lipinski definition) is 2. The molecular formula is C15H25BN2O3. The quantitative estimate of drug-likeness (QED) is 0.556. The molecule has 0 amide bonds. The summed E-state index contributed by atoms with van der Waals surface area (Å²) in [6.07, 6.45) is 0.981. The second kappa shape index (κ2) is 7.80. The maximum atomic E-state index is 9.19. The van der Waals surface area contributed by atoms with Gasteiger partial charge in [-0.1, -0.05) is 12.1 Å². The first-order chi connectivity index (χ1) is 10.1. The second-order valence-corrected chi connectivity index (χ2v) is 5.75. The van der Waals surface area contributed by atoms with Crippen LogP contribution in [0.25, 0.3) is 0 Å². The van der Waals surface area contributed by atoms with Gasteiger partial charge in [-0.25, -0.2) is 0 Å². The fourth-order valence-electron chi connectivity index (χ4n) is 2.47. The number of likely N-dealkylation sites (N-methyl/N-ethyl adjacent to an activating group) is 1. The van der Waals surface area contributed by atoms with Crippen molar-refractivity contribution in [3.05, 3.63) is 23.8 Å². The van der Waals surface area contributed by atoms with Crippen molar-refractivity contribution in [2.45, 2.75) is 13.3 Å². The Bertz CT molecular complexity index is 449. The first-order valence-electron chi connectivity index (χ1n) is 7.56. The van der Waals surface area contributed by atoms with E-state index in [1.165, 1.54) is 0 Å². The van der Waals surface area contributed by atoms with Gasteiger partial charge in [0.25, 0.3) is 0 Å². The van der Waals surface area contributed by atoms with Crippen LogP contribution in [0.3, 0.4) is 0 Å². The minimum Gasteiger partial charge on any atom is -0.493 e. The molecule has 1 aliphatic heterocycles. The molecule has 2 rings (SSSR count). The first-order valence-corrected chi connectivity index (χ1v) is 7.56. The maximum Gasteiger partial charge on any atom is 0.488 e. The van der Waals surface area contributed by atoms with Gasteiger partial charge < -0.3 is 24.6 Å². The molecule has 0 saturated carbocycles. The van der Waals surface area contributed by atoms with Gasteiger partial charge in [0.1, 0.15) is 5.75 Å². The Kier molecular flexibility index (Phi) is 6.05. The van der Waals surface area contributed by atoms with Gasteiger partial charge in [-0.2, -0.15) is 0 Å². The number of rotatable bonds is 6. The Morgan fingerprint density at radius 3 is 2.57 bits per heavy atom. The number of aryl methyl sites for hydroxylation is 1. The van der Waals surface area contributed by atoms with Crippen molar-refractivity contribution >= 4 is 12.6 Å². The molecule has 1 aromatic rings. The zero-order valence-electron chi connectivity index (χ0n) is 13.0. The van der Waals surface area contributed by atoms with Crippen LogP contribution in [0.2, 0.25) is 0 Å². The third-order valence-corrected chi connectivity index (χ3v) is 3.98. The van der Waals surface area contributed by atoms with Crippen LogP contribution in [0.1, 0.15) is 12.0 Å². The summed E-state index contributed by atoms with van der Waals surface area (Å²) < 4.78 is 5.78. The lowest BCUT2D eigenvalue weighted by Crippen LogP contribution is -2.44. The largest absolute Gasteiger partial charge is 0.493 e. The Morgan fingerprint density at radius 2 is 1.90 bits per heavy atom. The van der Waals surface area contributed by atoms with Crippen molar-refractivity contribution in [1.82, 2.24) is 9.80 Å². The highest BCUT2D eigenvalue weighted by Gasteiger charge is 2.14. The van der Waals surface area contributed by atoms with Crippen molar-refractivity contribution in [2.75, 3.05) is 46.4 Å². The molecule has 0 bridgehead atoms. The molecule has 6 heteroatoms. The lowest BCUT2D eigenvalue weighted by molar-refractivity contribution is 0.145. The van der Waals surface area contributed by atoms with Crippen molar-refractivity contribution in [3.63, 3.8) is 0 Å². The standard InChI is InChI=1S/C15H25BN2O3/c1-13-4-5-14(16(19)20)12-15(13)21-11-3-6-18-9-7-17(2)8-10-18/h4-5,12,19-20H,3,6-11H2,1-2H3. The number of ether oxygens (including phenoxy) is 1. The van der Waals surface area contributed by atoms with E-state index in [1.54, 1.807) is 12.1 Å². The zero-order chi connectivity index (χ0) is 15.2. The lowest BCUT2D eigenvalue weighted by Gasteiger charge is -2.32. The van der Waals surface area contributed by atoms with Crippen LogP contribution in [0.5, 0.6) is 5.75 Å². The maximum absolute atomic E-state index is 9.19.